The van der Waals surface area contributed by atoms with Crippen molar-refractivity contribution in [2.45, 2.75) is 24.7 Å². The Bertz CT molecular complexity index is 646. The normalized spacial score (nSPS) is 11.1. The molecule has 0 aliphatic carbocycles. The minimum absolute atomic E-state index is 0.152. The van der Waals surface area contributed by atoms with Crippen molar-refractivity contribution in [3.63, 3.8) is 0 Å². The highest BCUT2D eigenvalue weighted by Crippen LogP contribution is 2.16. The second kappa shape index (κ2) is 7.82. The lowest BCUT2D eigenvalue weighted by Crippen LogP contribution is -2.07. The molecule has 0 unspecified atom stereocenters. The molecule has 0 saturated heterocycles. The van der Waals surface area contributed by atoms with E-state index < -0.39 is 0 Å². The van der Waals surface area contributed by atoms with Crippen LogP contribution in [-0.2, 0) is 4.79 Å². The number of amides is 1. The number of hydrogen-bond acceptors (Lipinski definition) is 3. The lowest BCUT2D eigenvalue weighted by atomic mass is 10.0. The van der Waals surface area contributed by atoms with E-state index in [2.05, 4.69) is 31.3 Å². The second-order valence-corrected chi connectivity index (χ2v) is 5.99. The van der Waals surface area contributed by atoms with Crippen molar-refractivity contribution >= 4 is 29.6 Å². The maximum Gasteiger partial charge on any atom is 0.248 e. The average Bonchev–Trinajstić information content (AvgIpc) is 2.54. The van der Waals surface area contributed by atoms with Gasteiger partial charge in [-0.15, -0.1) is 0 Å². The van der Waals surface area contributed by atoms with Gasteiger partial charge in [-0.3, -0.25) is 9.93 Å². The molecule has 0 aromatic heterocycles. The maximum absolute atomic E-state index is 11.9. The molecule has 0 fully saturated rings. The Labute approximate surface area is 135 Å². The van der Waals surface area contributed by atoms with E-state index in [0.717, 1.165) is 16.1 Å². The molecule has 4 heteroatoms. The fraction of sp³-hybridized carbons (Fsp3) is 0.167. The molecular weight excluding hydrogens is 292 g/mol. The number of carbonyl (C=O) groups is 1. The Morgan fingerprint density at radius 3 is 2.27 bits per heavy atom. The van der Waals surface area contributed by atoms with Gasteiger partial charge in [-0.05, 0) is 59.3 Å². The van der Waals surface area contributed by atoms with Gasteiger partial charge in [0, 0.05) is 16.7 Å². The van der Waals surface area contributed by atoms with E-state index in [4.69, 9.17) is 5.14 Å². The van der Waals surface area contributed by atoms with Gasteiger partial charge in [-0.25, -0.2) is 0 Å². The third-order valence-electron chi connectivity index (χ3n) is 3.29. The van der Waals surface area contributed by atoms with E-state index >= 15 is 0 Å². The second-order valence-electron chi connectivity index (χ2n) is 5.29. The summed E-state index contributed by atoms with van der Waals surface area (Å²) in [5, 5.41) is 8.28. The summed E-state index contributed by atoms with van der Waals surface area (Å²) >= 11 is 1.18. The molecule has 0 aliphatic rings. The van der Waals surface area contributed by atoms with Crippen LogP contribution in [0.25, 0.3) is 6.08 Å². The van der Waals surface area contributed by atoms with Crippen LogP contribution in [0.3, 0.4) is 0 Å². The quantitative estimate of drug-likeness (QED) is 0.634. The number of nitrogens with one attached hydrogen (secondary N) is 1. The van der Waals surface area contributed by atoms with Crippen LogP contribution >= 0.6 is 11.9 Å². The Balaban J connectivity index is 1.95. The molecule has 0 spiro atoms. The predicted molar refractivity (Wildman–Crippen MR) is 94.7 cm³/mol. The molecule has 0 radical (unpaired) electrons. The van der Waals surface area contributed by atoms with Gasteiger partial charge < -0.3 is 5.32 Å². The summed E-state index contributed by atoms with van der Waals surface area (Å²) in [5.41, 5.74) is 3.05. The van der Waals surface area contributed by atoms with Crippen LogP contribution in [0.5, 0.6) is 0 Å². The van der Waals surface area contributed by atoms with Crippen molar-refractivity contribution < 1.29 is 4.79 Å². The smallest absolute Gasteiger partial charge is 0.248 e. The summed E-state index contributed by atoms with van der Waals surface area (Å²) < 4.78 is 0. The molecular formula is C18H20N2OS. The van der Waals surface area contributed by atoms with E-state index in [1.807, 2.05) is 42.5 Å². The molecule has 2 rings (SSSR count). The van der Waals surface area contributed by atoms with E-state index in [-0.39, 0.29) is 5.91 Å². The number of hydrogen-bond donors (Lipinski definition) is 2. The summed E-state index contributed by atoms with van der Waals surface area (Å²) in [5.74, 6) is 0.358. The fourth-order valence-electron chi connectivity index (χ4n) is 1.96. The Morgan fingerprint density at radius 2 is 1.73 bits per heavy atom. The van der Waals surface area contributed by atoms with E-state index in [1.165, 1.54) is 23.6 Å². The highest BCUT2D eigenvalue weighted by Gasteiger charge is 2.00. The molecule has 0 bridgehead atoms. The largest absolute Gasteiger partial charge is 0.323 e. The molecule has 1 amide bonds. The average molecular weight is 312 g/mol. The zero-order chi connectivity index (χ0) is 15.9. The zero-order valence-electron chi connectivity index (χ0n) is 12.7. The minimum Gasteiger partial charge on any atom is -0.323 e. The van der Waals surface area contributed by atoms with Crippen molar-refractivity contribution in [2.75, 3.05) is 5.32 Å². The molecule has 3 nitrogen and oxygen atoms in total. The first-order chi connectivity index (χ1) is 10.6. The first-order valence-electron chi connectivity index (χ1n) is 7.14. The highest BCUT2D eigenvalue weighted by atomic mass is 32.2. The Morgan fingerprint density at radius 1 is 1.09 bits per heavy atom. The molecule has 0 heterocycles. The summed E-state index contributed by atoms with van der Waals surface area (Å²) in [6.07, 6.45) is 3.35. The number of rotatable bonds is 5. The van der Waals surface area contributed by atoms with Gasteiger partial charge in [-0.1, -0.05) is 38.1 Å². The van der Waals surface area contributed by atoms with E-state index in [9.17, 15) is 4.79 Å². The topological polar surface area (TPSA) is 55.1 Å². The lowest BCUT2D eigenvalue weighted by molar-refractivity contribution is -0.111. The monoisotopic (exact) mass is 312 g/mol. The molecule has 22 heavy (non-hydrogen) atoms. The first kappa shape index (κ1) is 16.3. The molecule has 0 saturated carbocycles. The maximum atomic E-state index is 11.9. The van der Waals surface area contributed by atoms with Crippen LogP contribution in [0, 0.1) is 0 Å². The molecule has 0 aliphatic heterocycles. The van der Waals surface area contributed by atoms with Crippen molar-refractivity contribution in [3.05, 3.63) is 65.7 Å². The number of carbonyl (C=O) groups excluding carboxylic acids is 1. The summed E-state index contributed by atoms with van der Waals surface area (Å²) in [4.78, 5) is 12.8. The third-order valence-corrected chi connectivity index (χ3v) is 3.83. The van der Waals surface area contributed by atoms with Gasteiger partial charge >= 0.3 is 0 Å². The molecule has 2 aromatic rings. The Kier molecular flexibility index (Phi) is 5.81. The highest BCUT2D eigenvalue weighted by molar-refractivity contribution is 7.97. The standard InChI is InChI=1S/C18H20N2OS/c1-13(2)15-6-3-14(4-7-15)5-12-18(21)20-16-8-10-17(22-19)11-9-16/h3-13H,19H2,1-2H3,(H,20,21)/b12-5+. The predicted octanol–water partition coefficient (Wildman–Crippen LogP) is 4.43. The van der Waals surface area contributed by atoms with Gasteiger partial charge in [0.1, 0.15) is 0 Å². The third kappa shape index (κ3) is 4.76. The van der Waals surface area contributed by atoms with Gasteiger partial charge in [0.15, 0.2) is 0 Å². The summed E-state index contributed by atoms with van der Waals surface area (Å²) in [7, 11) is 0. The van der Waals surface area contributed by atoms with Gasteiger partial charge in [0.2, 0.25) is 5.91 Å². The van der Waals surface area contributed by atoms with Crippen LogP contribution < -0.4 is 10.5 Å². The van der Waals surface area contributed by atoms with Crippen LogP contribution in [0.1, 0.15) is 30.9 Å². The van der Waals surface area contributed by atoms with Gasteiger partial charge in [0.25, 0.3) is 0 Å². The van der Waals surface area contributed by atoms with Crippen molar-refractivity contribution in [2.24, 2.45) is 5.14 Å². The Hall–Kier alpha value is -2.04. The zero-order valence-corrected chi connectivity index (χ0v) is 13.6. The summed E-state index contributed by atoms with van der Waals surface area (Å²) in [6, 6.07) is 15.6. The van der Waals surface area contributed by atoms with Crippen molar-refractivity contribution in [1.29, 1.82) is 0 Å². The molecule has 114 valence electrons. The summed E-state index contributed by atoms with van der Waals surface area (Å²) in [6.45, 7) is 4.32. The van der Waals surface area contributed by atoms with Crippen LogP contribution in [0.4, 0.5) is 5.69 Å². The van der Waals surface area contributed by atoms with Gasteiger partial charge in [-0.2, -0.15) is 0 Å². The lowest BCUT2D eigenvalue weighted by Gasteiger charge is -2.05. The van der Waals surface area contributed by atoms with Crippen LogP contribution in [0.2, 0.25) is 0 Å². The first-order valence-corrected chi connectivity index (χ1v) is 8.02. The number of anilines is 1. The van der Waals surface area contributed by atoms with E-state index in [0.29, 0.717) is 5.92 Å². The van der Waals surface area contributed by atoms with Crippen molar-refractivity contribution in [1.82, 2.24) is 0 Å². The molecule has 3 N–H and O–H groups in total. The molecule has 2 aromatic carbocycles. The van der Waals surface area contributed by atoms with Gasteiger partial charge in [0.05, 0.1) is 0 Å². The number of benzene rings is 2. The van der Waals surface area contributed by atoms with Crippen molar-refractivity contribution in [3.8, 4) is 0 Å². The van der Waals surface area contributed by atoms with Crippen LogP contribution in [0.15, 0.2) is 59.5 Å². The minimum atomic E-state index is -0.152. The van der Waals surface area contributed by atoms with Crippen LogP contribution in [-0.4, -0.2) is 5.91 Å². The SMILES string of the molecule is CC(C)c1ccc(/C=C/C(=O)Nc2ccc(SN)cc2)cc1. The van der Waals surface area contributed by atoms with E-state index in [1.54, 1.807) is 0 Å². The molecule has 0 atom stereocenters. The fourth-order valence-corrected chi connectivity index (χ4v) is 2.26. The number of nitrogens with two attached hydrogens (primary N) is 1.